The first kappa shape index (κ1) is 17.2. The standard InChI is InChI=1S/C17H11F3N6/c18-17(19,20)12-2-1-3-14(8-12)23-15-10-22-26-16(25-15)24-13-6-4-11(9-21)5-7-13/h1-8,10H,(H2,23,24,25,26). The maximum absolute atomic E-state index is 12.8. The van der Waals surface area contributed by atoms with E-state index in [0.29, 0.717) is 11.3 Å². The summed E-state index contributed by atoms with van der Waals surface area (Å²) in [6, 6.07) is 13.4. The van der Waals surface area contributed by atoms with Gasteiger partial charge in [0.25, 0.3) is 0 Å². The number of benzene rings is 2. The first-order valence-corrected chi connectivity index (χ1v) is 7.35. The van der Waals surface area contributed by atoms with Gasteiger partial charge < -0.3 is 10.6 Å². The van der Waals surface area contributed by atoms with Crippen molar-refractivity contribution in [2.45, 2.75) is 6.18 Å². The van der Waals surface area contributed by atoms with Gasteiger partial charge in [0.05, 0.1) is 23.4 Å². The third-order valence-corrected chi connectivity index (χ3v) is 3.29. The average molecular weight is 356 g/mol. The smallest absolute Gasteiger partial charge is 0.339 e. The second kappa shape index (κ2) is 7.06. The van der Waals surface area contributed by atoms with Crippen LogP contribution in [0.4, 0.5) is 36.3 Å². The van der Waals surface area contributed by atoms with Gasteiger partial charge in [-0.15, -0.1) is 5.10 Å². The summed E-state index contributed by atoms with van der Waals surface area (Å²) in [5.74, 6) is 0.391. The lowest BCUT2D eigenvalue weighted by Crippen LogP contribution is -2.06. The summed E-state index contributed by atoms with van der Waals surface area (Å²) < 4.78 is 38.3. The number of nitrogens with zero attached hydrogens (tertiary/aromatic N) is 4. The van der Waals surface area contributed by atoms with Crippen LogP contribution in [0.25, 0.3) is 0 Å². The molecule has 2 N–H and O–H groups in total. The summed E-state index contributed by atoms with van der Waals surface area (Å²) in [6.07, 6.45) is -3.13. The van der Waals surface area contributed by atoms with Gasteiger partial charge in [-0.25, -0.2) is 0 Å². The first-order chi connectivity index (χ1) is 12.4. The highest BCUT2D eigenvalue weighted by Gasteiger charge is 2.30. The largest absolute Gasteiger partial charge is 0.416 e. The van der Waals surface area contributed by atoms with Gasteiger partial charge in [0.2, 0.25) is 5.95 Å². The summed E-state index contributed by atoms with van der Waals surface area (Å²) >= 11 is 0. The van der Waals surface area contributed by atoms with Crippen molar-refractivity contribution in [2.24, 2.45) is 0 Å². The van der Waals surface area contributed by atoms with Gasteiger partial charge in [-0.05, 0) is 42.5 Å². The Hall–Kier alpha value is -3.67. The third-order valence-electron chi connectivity index (χ3n) is 3.29. The molecule has 1 aromatic heterocycles. The van der Waals surface area contributed by atoms with E-state index in [1.165, 1.54) is 18.3 Å². The predicted octanol–water partition coefficient (Wildman–Crippen LogP) is 4.25. The molecule has 1 heterocycles. The minimum absolute atomic E-state index is 0.159. The normalized spacial score (nSPS) is 10.8. The van der Waals surface area contributed by atoms with Crippen molar-refractivity contribution >= 4 is 23.1 Å². The summed E-state index contributed by atoms with van der Waals surface area (Å²) in [7, 11) is 0. The van der Waals surface area contributed by atoms with Crippen molar-refractivity contribution in [3.8, 4) is 6.07 Å². The Balaban J connectivity index is 1.76. The Labute approximate surface area is 146 Å². The highest BCUT2D eigenvalue weighted by molar-refractivity contribution is 5.59. The molecule has 3 aromatic rings. The molecule has 0 unspecified atom stereocenters. The summed E-state index contributed by atoms with van der Waals surface area (Å²) in [5.41, 5.74) is 0.613. The Bertz CT molecular complexity index is 948. The van der Waals surface area contributed by atoms with Crippen LogP contribution >= 0.6 is 0 Å². The zero-order valence-corrected chi connectivity index (χ0v) is 13.1. The molecule has 0 atom stereocenters. The molecule has 0 saturated heterocycles. The van der Waals surface area contributed by atoms with Crippen LogP contribution in [-0.4, -0.2) is 15.2 Å². The quantitative estimate of drug-likeness (QED) is 0.727. The summed E-state index contributed by atoms with van der Waals surface area (Å²) in [4.78, 5) is 4.16. The highest BCUT2D eigenvalue weighted by Crippen LogP contribution is 2.31. The zero-order valence-electron chi connectivity index (χ0n) is 13.1. The first-order valence-electron chi connectivity index (χ1n) is 7.35. The molecule has 0 amide bonds. The number of rotatable bonds is 4. The Morgan fingerprint density at radius 2 is 1.73 bits per heavy atom. The van der Waals surface area contributed by atoms with E-state index >= 15 is 0 Å². The highest BCUT2D eigenvalue weighted by atomic mass is 19.4. The molecular formula is C17H11F3N6. The number of hydrogen-bond donors (Lipinski definition) is 2. The van der Waals surface area contributed by atoms with Gasteiger partial charge in [-0.2, -0.15) is 28.5 Å². The predicted molar refractivity (Wildman–Crippen MR) is 89.0 cm³/mol. The molecule has 3 rings (SSSR count). The minimum atomic E-state index is -4.43. The molecule has 0 saturated carbocycles. The van der Waals surface area contributed by atoms with Crippen molar-refractivity contribution < 1.29 is 13.2 Å². The van der Waals surface area contributed by atoms with E-state index < -0.39 is 11.7 Å². The van der Waals surface area contributed by atoms with Crippen LogP contribution in [0.2, 0.25) is 0 Å². The van der Waals surface area contributed by atoms with Gasteiger partial charge in [0, 0.05) is 11.4 Å². The topological polar surface area (TPSA) is 86.5 Å². The van der Waals surface area contributed by atoms with E-state index in [-0.39, 0.29) is 17.5 Å². The van der Waals surface area contributed by atoms with Crippen LogP contribution in [0.1, 0.15) is 11.1 Å². The van der Waals surface area contributed by atoms with Crippen LogP contribution in [-0.2, 0) is 6.18 Å². The number of hydrogen-bond acceptors (Lipinski definition) is 6. The molecule has 2 aromatic carbocycles. The molecule has 0 aliphatic carbocycles. The number of aromatic nitrogens is 3. The van der Waals surface area contributed by atoms with Crippen LogP contribution in [0.15, 0.2) is 54.7 Å². The number of halogens is 3. The third kappa shape index (κ3) is 4.24. The minimum Gasteiger partial charge on any atom is -0.339 e. The lowest BCUT2D eigenvalue weighted by molar-refractivity contribution is -0.137. The second-order valence-electron chi connectivity index (χ2n) is 5.18. The molecule has 0 aliphatic heterocycles. The molecule has 130 valence electrons. The fourth-order valence-electron chi connectivity index (χ4n) is 2.10. The fourth-order valence-corrected chi connectivity index (χ4v) is 2.10. The van der Waals surface area contributed by atoms with Gasteiger partial charge >= 0.3 is 6.18 Å². The molecule has 0 bridgehead atoms. The van der Waals surface area contributed by atoms with Crippen molar-refractivity contribution in [1.29, 1.82) is 5.26 Å². The van der Waals surface area contributed by atoms with Gasteiger partial charge in [0.15, 0.2) is 5.82 Å². The zero-order chi connectivity index (χ0) is 18.6. The molecular weight excluding hydrogens is 345 g/mol. The summed E-state index contributed by atoms with van der Waals surface area (Å²) in [5, 5.41) is 22.0. The van der Waals surface area contributed by atoms with E-state index in [0.717, 1.165) is 12.1 Å². The average Bonchev–Trinajstić information content (AvgIpc) is 2.62. The van der Waals surface area contributed by atoms with Gasteiger partial charge in [-0.3, -0.25) is 0 Å². The number of nitriles is 1. The van der Waals surface area contributed by atoms with Crippen molar-refractivity contribution in [3.63, 3.8) is 0 Å². The number of nitrogens with one attached hydrogen (secondary N) is 2. The number of alkyl halides is 3. The van der Waals surface area contributed by atoms with E-state index in [1.807, 2.05) is 6.07 Å². The molecule has 26 heavy (non-hydrogen) atoms. The molecule has 9 heteroatoms. The second-order valence-corrected chi connectivity index (χ2v) is 5.18. The molecule has 0 fully saturated rings. The van der Waals surface area contributed by atoms with Crippen molar-refractivity contribution in [3.05, 3.63) is 65.9 Å². The van der Waals surface area contributed by atoms with E-state index in [4.69, 9.17) is 5.26 Å². The Morgan fingerprint density at radius 3 is 2.42 bits per heavy atom. The van der Waals surface area contributed by atoms with Crippen molar-refractivity contribution in [1.82, 2.24) is 15.2 Å². The molecule has 0 radical (unpaired) electrons. The lowest BCUT2D eigenvalue weighted by atomic mass is 10.2. The SMILES string of the molecule is N#Cc1ccc(Nc2nncc(Nc3cccc(C(F)(F)F)c3)n2)cc1. The molecule has 0 spiro atoms. The van der Waals surface area contributed by atoms with Gasteiger partial charge in [-0.1, -0.05) is 6.07 Å². The maximum atomic E-state index is 12.8. The van der Waals surface area contributed by atoms with Crippen LogP contribution < -0.4 is 10.6 Å². The molecule has 6 nitrogen and oxygen atoms in total. The maximum Gasteiger partial charge on any atom is 0.416 e. The van der Waals surface area contributed by atoms with E-state index in [1.54, 1.807) is 24.3 Å². The van der Waals surface area contributed by atoms with Crippen LogP contribution in [0.3, 0.4) is 0 Å². The monoisotopic (exact) mass is 356 g/mol. The fraction of sp³-hybridized carbons (Fsp3) is 0.0588. The van der Waals surface area contributed by atoms with Crippen LogP contribution in [0, 0.1) is 11.3 Å². The number of anilines is 4. The Kier molecular flexibility index (Phi) is 4.66. The van der Waals surface area contributed by atoms with Crippen LogP contribution in [0.5, 0.6) is 0 Å². The molecule has 0 aliphatic rings. The van der Waals surface area contributed by atoms with E-state index in [2.05, 4.69) is 25.8 Å². The van der Waals surface area contributed by atoms with E-state index in [9.17, 15) is 13.2 Å². The van der Waals surface area contributed by atoms with Crippen molar-refractivity contribution in [2.75, 3.05) is 10.6 Å². The van der Waals surface area contributed by atoms with Gasteiger partial charge in [0.1, 0.15) is 0 Å². The lowest BCUT2D eigenvalue weighted by Gasteiger charge is -2.10. The Morgan fingerprint density at radius 1 is 0.962 bits per heavy atom. The summed E-state index contributed by atoms with van der Waals surface area (Å²) in [6.45, 7) is 0.